The number of carboxylic acids is 1. The Hall–Kier alpha value is -5.50. The summed E-state index contributed by atoms with van der Waals surface area (Å²) in [6.07, 6.45) is -5.42. The van der Waals surface area contributed by atoms with Crippen LogP contribution in [-0.4, -0.2) is 74.2 Å². The average Bonchev–Trinajstić information content (AvgIpc) is 3.58. The van der Waals surface area contributed by atoms with Gasteiger partial charge in [-0.1, -0.05) is 11.3 Å². The fourth-order valence-corrected chi connectivity index (χ4v) is 4.49. The molecule has 0 saturated heterocycles. The maximum atomic E-state index is 15.8. The monoisotopic (exact) mass is 655 g/mol. The molecule has 0 aliphatic rings. The number of anilines is 1. The Balaban J connectivity index is 1.86. The van der Waals surface area contributed by atoms with Crippen molar-refractivity contribution < 1.29 is 51.6 Å². The Kier molecular flexibility index (Phi) is 9.37. The summed E-state index contributed by atoms with van der Waals surface area (Å²) < 4.78 is 69.0. The molecule has 2 aromatic carbocycles. The molecule has 0 saturated carbocycles. The molecule has 0 bridgehead atoms. The fraction of sp³-hybridized carbons (Fsp3) is 0.200. The van der Waals surface area contributed by atoms with Gasteiger partial charge >= 0.3 is 23.8 Å². The fourth-order valence-electron chi connectivity index (χ4n) is 3.76. The van der Waals surface area contributed by atoms with E-state index in [4.69, 9.17) is 25.7 Å². The van der Waals surface area contributed by atoms with E-state index in [-0.39, 0.29) is 46.7 Å². The van der Waals surface area contributed by atoms with Crippen molar-refractivity contribution in [1.29, 1.82) is 5.41 Å². The van der Waals surface area contributed by atoms with E-state index >= 15 is 4.39 Å². The number of halogens is 4. The lowest BCUT2D eigenvalue weighted by molar-refractivity contribution is -0.189. The number of aliphatic hydroxyl groups is 1. The van der Waals surface area contributed by atoms with Gasteiger partial charge in [-0.3, -0.25) is 10.4 Å². The number of carbonyl (C=O) groups is 2. The largest absolute Gasteiger partial charge is 0.497 e. The number of thiazole rings is 1. The lowest BCUT2D eigenvalue weighted by atomic mass is 10.0. The van der Waals surface area contributed by atoms with Gasteiger partial charge in [0.15, 0.2) is 28.1 Å². The van der Waals surface area contributed by atoms with E-state index in [9.17, 15) is 32.7 Å². The van der Waals surface area contributed by atoms with Crippen LogP contribution in [-0.2, 0) is 4.79 Å². The Morgan fingerprint density at radius 1 is 1.24 bits per heavy atom. The number of nitrogens with one attached hydrogen (secondary N) is 3. The van der Waals surface area contributed by atoms with Crippen molar-refractivity contribution >= 4 is 34.8 Å². The van der Waals surface area contributed by atoms with Gasteiger partial charge in [0.2, 0.25) is 0 Å². The van der Waals surface area contributed by atoms with Crippen molar-refractivity contribution in [3.8, 4) is 22.5 Å². The molecule has 2 heterocycles. The molecule has 0 aliphatic heterocycles. The molecule has 0 radical (unpaired) electrons. The molecular formula is C25H21F4N7O8S. The van der Waals surface area contributed by atoms with Gasteiger partial charge in [0.1, 0.15) is 24.2 Å². The number of methoxy groups -OCH3 is 1. The van der Waals surface area contributed by atoms with Crippen LogP contribution in [0.1, 0.15) is 32.7 Å². The standard InChI is InChI=1S/C25H21F4N7O8S/c1-42-12-8-13(15(26)14(9-12)43-7-6-37)16(32-11-4-2-10(3-5-11)18(30)31)19-33-23(41)36(35-19)20-17(21(38)39)45-24(34-20)44-22(40)25(27,28)29/h2-5,8-9,16,32,37H,6-7H2,1H3,(H3,30,31)(H,38,39)(H,33,35,41). The second-order valence-electron chi connectivity index (χ2n) is 8.72. The number of alkyl halides is 3. The first-order valence-corrected chi connectivity index (χ1v) is 13.1. The van der Waals surface area contributed by atoms with Gasteiger partial charge in [0.05, 0.1) is 13.7 Å². The first-order valence-electron chi connectivity index (χ1n) is 12.3. The highest BCUT2D eigenvalue weighted by molar-refractivity contribution is 7.15. The number of nitrogens with zero attached hydrogens (tertiary/aromatic N) is 3. The molecule has 2 aromatic heterocycles. The molecule has 45 heavy (non-hydrogen) atoms. The summed E-state index contributed by atoms with van der Waals surface area (Å²) >= 11 is 0.0288. The number of aromatic amines is 1. The predicted molar refractivity (Wildman–Crippen MR) is 147 cm³/mol. The topological polar surface area (TPSA) is 228 Å². The summed E-state index contributed by atoms with van der Waals surface area (Å²) in [5.41, 5.74) is 4.77. The summed E-state index contributed by atoms with van der Waals surface area (Å²) in [7, 11) is 1.28. The first-order chi connectivity index (χ1) is 21.2. The number of carboxylic acid groups (broad SMARTS) is 1. The molecule has 0 fully saturated rings. The lowest BCUT2D eigenvalue weighted by Crippen LogP contribution is -2.28. The van der Waals surface area contributed by atoms with Crippen LogP contribution in [0.2, 0.25) is 0 Å². The third-order valence-electron chi connectivity index (χ3n) is 5.75. The maximum Gasteiger partial charge on any atom is 0.491 e. The molecule has 15 nitrogen and oxygen atoms in total. The summed E-state index contributed by atoms with van der Waals surface area (Å²) in [5.74, 6) is -7.03. The zero-order valence-electron chi connectivity index (χ0n) is 22.6. The van der Waals surface area contributed by atoms with Crippen LogP contribution >= 0.6 is 11.3 Å². The minimum atomic E-state index is -5.42. The van der Waals surface area contributed by atoms with E-state index in [1.54, 1.807) is 0 Å². The van der Waals surface area contributed by atoms with Gasteiger partial charge in [-0.2, -0.15) is 22.8 Å². The molecule has 7 N–H and O–H groups in total. The second kappa shape index (κ2) is 13.0. The number of H-pyrrole nitrogens is 1. The van der Waals surface area contributed by atoms with Gasteiger partial charge in [0.25, 0.3) is 5.19 Å². The number of aliphatic hydroxyl groups excluding tert-OH is 1. The van der Waals surface area contributed by atoms with E-state index in [1.165, 1.54) is 43.5 Å². The van der Waals surface area contributed by atoms with Crippen LogP contribution in [0.4, 0.5) is 23.2 Å². The number of benzene rings is 2. The Bertz CT molecular complexity index is 1800. The number of aromatic nitrogens is 4. The number of aromatic carboxylic acids is 1. The number of nitrogen functional groups attached to an aromatic ring is 1. The van der Waals surface area contributed by atoms with E-state index in [0.717, 1.165) is 0 Å². The molecule has 4 aromatic rings. The number of nitrogens with two attached hydrogens (primary N) is 1. The summed E-state index contributed by atoms with van der Waals surface area (Å²) in [6, 6.07) is 6.93. The number of hydrogen-bond acceptors (Lipinski definition) is 12. The van der Waals surface area contributed by atoms with Crippen molar-refractivity contribution in [2.24, 2.45) is 5.73 Å². The van der Waals surface area contributed by atoms with Crippen molar-refractivity contribution in [2.45, 2.75) is 12.2 Å². The second-order valence-corrected chi connectivity index (χ2v) is 9.68. The summed E-state index contributed by atoms with van der Waals surface area (Å²) in [5, 5.41) is 32.3. The molecule has 1 unspecified atom stereocenters. The number of amidine groups is 1. The van der Waals surface area contributed by atoms with Gasteiger partial charge in [0, 0.05) is 22.9 Å². The minimum absolute atomic E-state index is 0.0288. The van der Waals surface area contributed by atoms with Gasteiger partial charge < -0.3 is 35.5 Å². The minimum Gasteiger partial charge on any atom is -0.497 e. The Morgan fingerprint density at radius 2 is 1.93 bits per heavy atom. The molecule has 0 spiro atoms. The maximum absolute atomic E-state index is 15.8. The van der Waals surface area contributed by atoms with E-state index < -0.39 is 58.2 Å². The van der Waals surface area contributed by atoms with Crippen molar-refractivity contribution in [3.63, 3.8) is 0 Å². The van der Waals surface area contributed by atoms with Crippen molar-refractivity contribution in [1.82, 2.24) is 19.7 Å². The van der Waals surface area contributed by atoms with Gasteiger partial charge in [-0.05, 0) is 30.3 Å². The number of ether oxygens (including phenoxy) is 3. The number of esters is 1. The Morgan fingerprint density at radius 3 is 2.51 bits per heavy atom. The Labute approximate surface area is 252 Å². The quantitative estimate of drug-likeness (QED) is 0.0559. The molecule has 4 rings (SSSR count). The van der Waals surface area contributed by atoms with Gasteiger partial charge in [-0.25, -0.2) is 18.8 Å². The smallest absolute Gasteiger partial charge is 0.491 e. The van der Waals surface area contributed by atoms with E-state index in [2.05, 4.69) is 25.1 Å². The highest BCUT2D eigenvalue weighted by atomic mass is 32.1. The van der Waals surface area contributed by atoms with Crippen LogP contribution < -0.4 is 31.0 Å². The molecule has 20 heteroatoms. The van der Waals surface area contributed by atoms with Crippen molar-refractivity contribution in [2.75, 3.05) is 25.6 Å². The first kappa shape index (κ1) is 32.4. The highest BCUT2D eigenvalue weighted by Crippen LogP contribution is 2.35. The van der Waals surface area contributed by atoms with Crippen molar-refractivity contribution in [3.05, 3.63) is 74.5 Å². The molecular weight excluding hydrogens is 634 g/mol. The SMILES string of the molecule is COc1cc(OCCO)c(F)c(C(Nc2ccc(C(=N)N)cc2)c2nn(-c3nc(OC(=O)C(F)(F)F)sc3C(=O)O)c(=O)[nH]2)c1. The van der Waals surface area contributed by atoms with E-state index in [1.807, 2.05) is 0 Å². The third-order valence-corrected chi connectivity index (χ3v) is 6.66. The van der Waals surface area contributed by atoms with Crippen LogP contribution in [0, 0.1) is 11.2 Å². The lowest BCUT2D eigenvalue weighted by Gasteiger charge is -2.21. The van der Waals surface area contributed by atoms with Gasteiger partial charge in [-0.15, -0.1) is 5.10 Å². The van der Waals surface area contributed by atoms with Crippen LogP contribution in [0.5, 0.6) is 16.7 Å². The van der Waals surface area contributed by atoms with E-state index in [0.29, 0.717) is 15.9 Å². The average molecular weight is 656 g/mol. The molecule has 0 amide bonds. The molecule has 1 atom stereocenters. The van der Waals surface area contributed by atoms with Crippen LogP contribution in [0.3, 0.4) is 0 Å². The molecule has 238 valence electrons. The van der Waals surface area contributed by atoms with Crippen LogP contribution in [0.15, 0.2) is 41.2 Å². The highest BCUT2D eigenvalue weighted by Gasteiger charge is 2.42. The van der Waals surface area contributed by atoms with Crippen LogP contribution in [0.25, 0.3) is 5.82 Å². The molecule has 0 aliphatic carbocycles. The zero-order chi connectivity index (χ0) is 33.1. The summed E-state index contributed by atoms with van der Waals surface area (Å²) in [4.78, 5) is 41.2. The predicted octanol–water partition coefficient (Wildman–Crippen LogP) is 2.19. The zero-order valence-corrected chi connectivity index (χ0v) is 23.5. The number of rotatable bonds is 12. The summed E-state index contributed by atoms with van der Waals surface area (Å²) in [6.45, 7) is -0.740. The number of hydrogen-bond donors (Lipinski definition) is 6. The third kappa shape index (κ3) is 7.18. The number of carbonyl (C=O) groups excluding carboxylic acids is 1. The normalized spacial score (nSPS) is 12.0.